The molecule has 1 aliphatic rings. The van der Waals surface area contributed by atoms with Crippen LogP contribution in [0.15, 0.2) is 24.3 Å². The Labute approximate surface area is 115 Å². The fourth-order valence-corrected chi connectivity index (χ4v) is 2.56. The van der Waals surface area contributed by atoms with Gasteiger partial charge in [0, 0.05) is 13.0 Å². The zero-order chi connectivity index (χ0) is 13.7. The summed E-state index contributed by atoms with van der Waals surface area (Å²) >= 11 is 0. The number of hydrogen-bond acceptors (Lipinski definition) is 3. The molecule has 3 nitrogen and oxygen atoms in total. The van der Waals surface area contributed by atoms with Gasteiger partial charge in [0.2, 0.25) is 0 Å². The highest BCUT2D eigenvalue weighted by Crippen LogP contribution is 2.23. The Bertz CT molecular complexity index is 402. The van der Waals surface area contributed by atoms with Gasteiger partial charge in [0.25, 0.3) is 0 Å². The Morgan fingerprint density at radius 3 is 2.79 bits per heavy atom. The van der Waals surface area contributed by atoms with Crippen molar-refractivity contribution in [2.24, 2.45) is 0 Å². The van der Waals surface area contributed by atoms with Crippen molar-refractivity contribution in [2.75, 3.05) is 20.1 Å². The second-order valence-corrected chi connectivity index (χ2v) is 5.52. The zero-order valence-corrected chi connectivity index (χ0v) is 11.8. The van der Waals surface area contributed by atoms with E-state index in [-0.39, 0.29) is 5.92 Å². The normalized spacial score (nSPS) is 21.9. The van der Waals surface area contributed by atoms with Crippen molar-refractivity contribution in [3.63, 3.8) is 0 Å². The molecule has 1 fully saturated rings. The average Bonchev–Trinajstić information content (AvgIpc) is 2.40. The van der Waals surface area contributed by atoms with Gasteiger partial charge in [-0.05, 0) is 50.0 Å². The van der Waals surface area contributed by atoms with Crippen molar-refractivity contribution in [3.8, 4) is 5.75 Å². The predicted molar refractivity (Wildman–Crippen MR) is 76.7 cm³/mol. The number of carbonyl (C=O) groups excluding carboxylic acids is 1. The minimum Gasteiger partial charge on any atom is -0.489 e. The van der Waals surface area contributed by atoms with Crippen LogP contribution in [0.25, 0.3) is 0 Å². The first-order valence-electron chi connectivity index (χ1n) is 7.08. The summed E-state index contributed by atoms with van der Waals surface area (Å²) < 4.78 is 6.01. The highest BCUT2D eigenvalue weighted by molar-refractivity contribution is 5.51. The van der Waals surface area contributed by atoms with E-state index in [0.717, 1.165) is 25.0 Å². The fourth-order valence-electron chi connectivity index (χ4n) is 2.56. The highest BCUT2D eigenvalue weighted by atomic mass is 16.5. The van der Waals surface area contributed by atoms with Crippen LogP contribution >= 0.6 is 0 Å². The summed E-state index contributed by atoms with van der Waals surface area (Å²) in [6, 6.07) is 8.17. The number of piperidine rings is 1. The molecule has 1 aliphatic heterocycles. The molecule has 0 saturated carbocycles. The molecule has 3 heteroatoms. The van der Waals surface area contributed by atoms with Gasteiger partial charge in [-0.3, -0.25) is 0 Å². The predicted octanol–water partition coefficient (Wildman–Crippen LogP) is 2.85. The number of rotatable bonds is 5. The van der Waals surface area contributed by atoms with Crippen LogP contribution in [-0.2, 0) is 4.79 Å². The van der Waals surface area contributed by atoms with Gasteiger partial charge >= 0.3 is 0 Å². The van der Waals surface area contributed by atoms with E-state index < -0.39 is 0 Å². The van der Waals surface area contributed by atoms with Gasteiger partial charge in [0.1, 0.15) is 18.1 Å². The molecule has 0 aromatic heterocycles. The zero-order valence-electron chi connectivity index (χ0n) is 11.8. The summed E-state index contributed by atoms with van der Waals surface area (Å²) in [5.41, 5.74) is 1.19. The SMILES string of the molecule is CC(CC=O)c1ccc(OC2CCCN(C)C2)cc1. The van der Waals surface area contributed by atoms with E-state index in [2.05, 4.69) is 31.0 Å². The van der Waals surface area contributed by atoms with Crippen LogP contribution in [0.1, 0.15) is 37.7 Å². The van der Waals surface area contributed by atoms with Crippen molar-refractivity contribution in [3.05, 3.63) is 29.8 Å². The number of likely N-dealkylation sites (tertiary alicyclic amines) is 1. The van der Waals surface area contributed by atoms with Gasteiger partial charge in [0.05, 0.1) is 0 Å². The number of aldehydes is 1. The van der Waals surface area contributed by atoms with Crippen LogP contribution in [0, 0.1) is 0 Å². The van der Waals surface area contributed by atoms with Crippen molar-refractivity contribution in [1.82, 2.24) is 4.90 Å². The molecule has 0 aliphatic carbocycles. The highest BCUT2D eigenvalue weighted by Gasteiger charge is 2.18. The van der Waals surface area contributed by atoms with Gasteiger partial charge in [-0.25, -0.2) is 0 Å². The smallest absolute Gasteiger partial charge is 0.120 e. The van der Waals surface area contributed by atoms with Gasteiger partial charge in [-0.2, -0.15) is 0 Å². The van der Waals surface area contributed by atoms with E-state index >= 15 is 0 Å². The van der Waals surface area contributed by atoms with Crippen molar-refractivity contribution in [1.29, 1.82) is 0 Å². The quantitative estimate of drug-likeness (QED) is 0.763. The Morgan fingerprint density at radius 2 is 2.16 bits per heavy atom. The molecule has 0 radical (unpaired) electrons. The maximum absolute atomic E-state index is 10.5. The van der Waals surface area contributed by atoms with Crippen LogP contribution in [0.4, 0.5) is 0 Å². The maximum atomic E-state index is 10.5. The molecule has 2 atom stereocenters. The minimum absolute atomic E-state index is 0.285. The molecule has 2 rings (SSSR count). The number of hydrogen-bond donors (Lipinski definition) is 0. The molecule has 1 heterocycles. The number of benzene rings is 1. The van der Waals surface area contributed by atoms with E-state index in [1.807, 2.05) is 12.1 Å². The lowest BCUT2D eigenvalue weighted by Crippen LogP contribution is -2.38. The molecule has 0 spiro atoms. The Balaban J connectivity index is 1.92. The van der Waals surface area contributed by atoms with Crippen LogP contribution in [0.2, 0.25) is 0 Å². The standard InChI is InChI=1S/C16H23NO2/c1-13(9-11-18)14-5-7-15(8-6-14)19-16-4-3-10-17(2)12-16/h5-8,11,13,16H,3-4,9-10,12H2,1-2H3. The Hall–Kier alpha value is -1.35. The molecule has 2 unspecified atom stereocenters. The van der Waals surface area contributed by atoms with Crippen LogP contribution < -0.4 is 4.74 Å². The molecule has 1 saturated heterocycles. The lowest BCUT2D eigenvalue weighted by atomic mass is 9.98. The molecule has 19 heavy (non-hydrogen) atoms. The first-order chi connectivity index (χ1) is 9.19. The Morgan fingerprint density at radius 1 is 1.42 bits per heavy atom. The molecule has 104 valence electrons. The average molecular weight is 261 g/mol. The second-order valence-electron chi connectivity index (χ2n) is 5.52. The molecule has 1 aromatic rings. The summed E-state index contributed by atoms with van der Waals surface area (Å²) in [7, 11) is 2.14. The lowest BCUT2D eigenvalue weighted by Gasteiger charge is -2.30. The molecule has 0 bridgehead atoms. The Kier molecular flexibility index (Phi) is 4.97. The van der Waals surface area contributed by atoms with Crippen molar-refractivity contribution < 1.29 is 9.53 Å². The lowest BCUT2D eigenvalue weighted by molar-refractivity contribution is -0.108. The van der Waals surface area contributed by atoms with E-state index in [1.54, 1.807) is 0 Å². The largest absolute Gasteiger partial charge is 0.489 e. The van der Waals surface area contributed by atoms with Crippen molar-refractivity contribution >= 4 is 6.29 Å². The summed E-state index contributed by atoms with van der Waals surface area (Å²) in [5, 5.41) is 0. The number of likely N-dealkylation sites (N-methyl/N-ethyl adjacent to an activating group) is 1. The summed E-state index contributed by atoms with van der Waals surface area (Å²) in [4.78, 5) is 12.8. The van der Waals surface area contributed by atoms with E-state index in [9.17, 15) is 4.79 Å². The third-order valence-corrected chi connectivity index (χ3v) is 3.78. The molecule has 1 aromatic carbocycles. The molecule has 0 N–H and O–H groups in total. The summed E-state index contributed by atoms with van der Waals surface area (Å²) in [6.45, 7) is 4.24. The van der Waals surface area contributed by atoms with Gasteiger partial charge in [0.15, 0.2) is 0 Å². The van der Waals surface area contributed by atoms with Crippen LogP contribution in [0.3, 0.4) is 0 Å². The monoisotopic (exact) mass is 261 g/mol. The van der Waals surface area contributed by atoms with Crippen LogP contribution in [-0.4, -0.2) is 37.4 Å². The summed E-state index contributed by atoms with van der Waals surface area (Å²) in [6.07, 6.45) is 4.20. The first-order valence-corrected chi connectivity index (χ1v) is 7.08. The molecule has 0 amide bonds. The van der Waals surface area contributed by atoms with Gasteiger partial charge in [-0.1, -0.05) is 19.1 Å². The topological polar surface area (TPSA) is 29.5 Å². The van der Waals surface area contributed by atoms with Crippen LogP contribution in [0.5, 0.6) is 5.75 Å². The fraction of sp³-hybridized carbons (Fsp3) is 0.562. The van der Waals surface area contributed by atoms with E-state index in [4.69, 9.17) is 4.74 Å². The third-order valence-electron chi connectivity index (χ3n) is 3.78. The van der Waals surface area contributed by atoms with Gasteiger partial charge < -0.3 is 14.4 Å². The first kappa shape index (κ1) is 14.1. The summed E-state index contributed by atoms with van der Waals surface area (Å²) in [5.74, 6) is 1.22. The van der Waals surface area contributed by atoms with E-state index in [0.29, 0.717) is 12.5 Å². The molecular weight excluding hydrogens is 238 g/mol. The minimum atomic E-state index is 0.285. The van der Waals surface area contributed by atoms with Crippen molar-refractivity contribution in [2.45, 2.75) is 38.2 Å². The van der Waals surface area contributed by atoms with E-state index in [1.165, 1.54) is 18.5 Å². The number of carbonyl (C=O) groups is 1. The number of ether oxygens (including phenoxy) is 1. The second kappa shape index (κ2) is 6.71. The van der Waals surface area contributed by atoms with Gasteiger partial charge in [-0.15, -0.1) is 0 Å². The number of nitrogens with zero attached hydrogens (tertiary/aromatic N) is 1. The maximum Gasteiger partial charge on any atom is 0.120 e. The molecular formula is C16H23NO2. The third kappa shape index (κ3) is 4.06.